The molecule has 0 saturated carbocycles. The number of nitrogens with one attached hydrogen (secondary N) is 2. The van der Waals surface area contributed by atoms with Crippen LogP contribution in [-0.2, 0) is 6.54 Å². The summed E-state index contributed by atoms with van der Waals surface area (Å²) in [5.74, 6) is 1.78. The molecule has 0 bridgehead atoms. The molecule has 2 aromatic rings. The van der Waals surface area contributed by atoms with Gasteiger partial charge in [-0.15, -0.1) is 0 Å². The van der Waals surface area contributed by atoms with Gasteiger partial charge in [0.1, 0.15) is 11.6 Å². The maximum Gasteiger partial charge on any atom is 0.254 e. The SMILES string of the molecule is COc1cccc(CNC(=O)c2cnc([C@H]3CCCNC3)nc2C)c1. The predicted octanol–water partition coefficient (Wildman–Crippen LogP) is 2.19. The molecule has 1 aromatic heterocycles. The Hall–Kier alpha value is -2.47. The normalized spacial score (nSPS) is 17.1. The maximum atomic E-state index is 12.4. The fraction of sp³-hybridized carbons (Fsp3) is 0.421. The third kappa shape index (κ3) is 4.33. The molecule has 2 N–H and O–H groups in total. The summed E-state index contributed by atoms with van der Waals surface area (Å²) in [4.78, 5) is 21.4. The number of methoxy groups -OCH3 is 1. The number of carbonyl (C=O) groups excluding carboxylic acids is 1. The molecule has 25 heavy (non-hydrogen) atoms. The van der Waals surface area contributed by atoms with Gasteiger partial charge in [-0.3, -0.25) is 4.79 Å². The first-order valence-electron chi connectivity index (χ1n) is 8.62. The van der Waals surface area contributed by atoms with Gasteiger partial charge in [0, 0.05) is 25.2 Å². The fourth-order valence-electron chi connectivity index (χ4n) is 3.04. The highest BCUT2D eigenvalue weighted by Crippen LogP contribution is 2.20. The molecule has 1 fully saturated rings. The van der Waals surface area contributed by atoms with Crippen molar-refractivity contribution in [2.24, 2.45) is 0 Å². The van der Waals surface area contributed by atoms with Crippen LogP contribution in [-0.4, -0.2) is 36.1 Å². The van der Waals surface area contributed by atoms with Crippen molar-refractivity contribution in [1.29, 1.82) is 0 Å². The molecule has 0 unspecified atom stereocenters. The van der Waals surface area contributed by atoms with Crippen LogP contribution in [0.15, 0.2) is 30.5 Å². The lowest BCUT2D eigenvalue weighted by molar-refractivity contribution is 0.0949. The van der Waals surface area contributed by atoms with Crippen molar-refractivity contribution in [1.82, 2.24) is 20.6 Å². The van der Waals surface area contributed by atoms with Gasteiger partial charge in [-0.05, 0) is 44.0 Å². The van der Waals surface area contributed by atoms with Gasteiger partial charge in [0.25, 0.3) is 5.91 Å². The van der Waals surface area contributed by atoms with E-state index < -0.39 is 0 Å². The Morgan fingerprint density at radius 1 is 1.44 bits per heavy atom. The van der Waals surface area contributed by atoms with Gasteiger partial charge in [-0.1, -0.05) is 12.1 Å². The van der Waals surface area contributed by atoms with Crippen molar-refractivity contribution in [3.63, 3.8) is 0 Å². The van der Waals surface area contributed by atoms with E-state index in [0.717, 1.165) is 48.8 Å². The van der Waals surface area contributed by atoms with E-state index >= 15 is 0 Å². The number of rotatable bonds is 5. The zero-order valence-electron chi connectivity index (χ0n) is 14.7. The van der Waals surface area contributed by atoms with Crippen molar-refractivity contribution < 1.29 is 9.53 Å². The molecule has 1 aliphatic rings. The molecule has 0 spiro atoms. The molecule has 1 atom stereocenters. The Morgan fingerprint density at radius 2 is 2.32 bits per heavy atom. The van der Waals surface area contributed by atoms with E-state index in [1.807, 2.05) is 31.2 Å². The highest BCUT2D eigenvalue weighted by Gasteiger charge is 2.19. The molecule has 1 amide bonds. The molecular formula is C19H24N4O2. The topological polar surface area (TPSA) is 76.1 Å². The predicted molar refractivity (Wildman–Crippen MR) is 95.8 cm³/mol. The number of benzene rings is 1. The second kappa shape index (κ2) is 8.07. The van der Waals surface area contributed by atoms with Crippen LogP contribution in [0.4, 0.5) is 0 Å². The van der Waals surface area contributed by atoms with Crippen molar-refractivity contribution in [3.8, 4) is 5.75 Å². The lowest BCUT2D eigenvalue weighted by Gasteiger charge is -2.21. The Morgan fingerprint density at radius 3 is 3.04 bits per heavy atom. The standard InChI is InChI=1S/C19H24N4O2/c1-13-17(12-21-18(23-13)15-6-4-8-20-11-15)19(24)22-10-14-5-3-7-16(9-14)25-2/h3,5,7,9,12,15,20H,4,6,8,10-11H2,1-2H3,(H,22,24)/t15-/m0/s1. The molecule has 132 valence electrons. The number of hydrogen-bond acceptors (Lipinski definition) is 5. The molecule has 1 aliphatic heterocycles. The van der Waals surface area contributed by atoms with E-state index in [-0.39, 0.29) is 5.91 Å². The lowest BCUT2D eigenvalue weighted by Crippen LogP contribution is -2.30. The number of aryl methyl sites for hydroxylation is 1. The van der Waals surface area contributed by atoms with Crippen LogP contribution in [0.25, 0.3) is 0 Å². The number of nitrogens with zero attached hydrogens (tertiary/aromatic N) is 2. The number of hydrogen-bond donors (Lipinski definition) is 2. The van der Waals surface area contributed by atoms with E-state index in [9.17, 15) is 4.79 Å². The summed E-state index contributed by atoms with van der Waals surface area (Å²) in [7, 11) is 1.63. The first kappa shape index (κ1) is 17.4. The summed E-state index contributed by atoms with van der Waals surface area (Å²) >= 11 is 0. The second-order valence-electron chi connectivity index (χ2n) is 6.30. The number of ether oxygens (including phenoxy) is 1. The minimum Gasteiger partial charge on any atom is -0.497 e. The van der Waals surface area contributed by atoms with Gasteiger partial charge < -0.3 is 15.4 Å². The van der Waals surface area contributed by atoms with E-state index in [1.165, 1.54) is 0 Å². The molecule has 6 heteroatoms. The Balaban J connectivity index is 1.65. The molecule has 0 aliphatic carbocycles. The minimum absolute atomic E-state index is 0.159. The summed E-state index contributed by atoms with van der Waals surface area (Å²) in [5, 5.41) is 6.29. The van der Waals surface area contributed by atoms with Crippen LogP contribution in [0.3, 0.4) is 0 Å². The molecule has 0 radical (unpaired) electrons. The Bertz CT molecular complexity index is 742. The van der Waals surface area contributed by atoms with Crippen molar-refractivity contribution in [2.45, 2.75) is 32.2 Å². The molecule has 1 aromatic carbocycles. The first-order chi connectivity index (χ1) is 12.2. The summed E-state index contributed by atoms with van der Waals surface area (Å²) in [5.41, 5.74) is 2.23. The zero-order chi connectivity index (χ0) is 17.6. The maximum absolute atomic E-state index is 12.4. The monoisotopic (exact) mass is 340 g/mol. The van der Waals surface area contributed by atoms with Gasteiger partial charge in [0.2, 0.25) is 0 Å². The number of amides is 1. The largest absolute Gasteiger partial charge is 0.497 e. The first-order valence-corrected chi connectivity index (χ1v) is 8.62. The van der Waals surface area contributed by atoms with Gasteiger partial charge in [0.05, 0.1) is 18.4 Å². The van der Waals surface area contributed by atoms with Gasteiger partial charge >= 0.3 is 0 Å². The van der Waals surface area contributed by atoms with E-state index in [0.29, 0.717) is 18.0 Å². The molecule has 1 saturated heterocycles. The van der Waals surface area contributed by atoms with E-state index in [4.69, 9.17) is 4.74 Å². The van der Waals surface area contributed by atoms with Crippen LogP contribution in [0.5, 0.6) is 5.75 Å². The van der Waals surface area contributed by atoms with Crippen LogP contribution in [0.1, 0.15) is 46.2 Å². The third-order valence-electron chi connectivity index (χ3n) is 4.49. The Kier molecular flexibility index (Phi) is 5.60. The van der Waals surface area contributed by atoms with E-state index in [1.54, 1.807) is 13.3 Å². The molecule has 2 heterocycles. The average molecular weight is 340 g/mol. The van der Waals surface area contributed by atoms with Crippen molar-refractivity contribution in [2.75, 3.05) is 20.2 Å². The van der Waals surface area contributed by atoms with Crippen molar-refractivity contribution >= 4 is 5.91 Å². The fourth-order valence-corrected chi connectivity index (χ4v) is 3.04. The lowest BCUT2D eigenvalue weighted by atomic mass is 9.98. The summed E-state index contributed by atoms with van der Waals surface area (Å²) in [6, 6.07) is 7.64. The third-order valence-corrected chi connectivity index (χ3v) is 4.49. The van der Waals surface area contributed by atoms with Gasteiger partial charge in [-0.2, -0.15) is 0 Å². The van der Waals surface area contributed by atoms with Crippen molar-refractivity contribution in [3.05, 3.63) is 53.1 Å². The van der Waals surface area contributed by atoms with E-state index in [2.05, 4.69) is 20.6 Å². The smallest absolute Gasteiger partial charge is 0.254 e. The van der Waals surface area contributed by atoms with Crippen LogP contribution in [0.2, 0.25) is 0 Å². The second-order valence-corrected chi connectivity index (χ2v) is 6.30. The van der Waals surface area contributed by atoms with Crippen LogP contribution < -0.4 is 15.4 Å². The van der Waals surface area contributed by atoms with Crippen LogP contribution >= 0.6 is 0 Å². The quantitative estimate of drug-likeness (QED) is 0.872. The molecule has 6 nitrogen and oxygen atoms in total. The number of piperidine rings is 1. The minimum atomic E-state index is -0.159. The highest BCUT2D eigenvalue weighted by atomic mass is 16.5. The van der Waals surface area contributed by atoms with Gasteiger partial charge in [-0.25, -0.2) is 9.97 Å². The highest BCUT2D eigenvalue weighted by molar-refractivity contribution is 5.94. The Labute approximate surface area is 148 Å². The number of carbonyl (C=O) groups is 1. The summed E-state index contributed by atoms with van der Waals surface area (Å²) in [6.07, 6.45) is 3.87. The van der Waals surface area contributed by atoms with Crippen LogP contribution in [0, 0.1) is 6.92 Å². The zero-order valence-corrected chi connectivity index (χ0v) is 14.7. The molecule has 3 rings (SSSR count). The average Bonchev–Trinajstić information content (AvgIpc) is 2.67. The number of aromatic nitrogens is 2. The summed E-state index contributed by atoms with van der Waals surface area (Å²) < 4.78 is 5.20. The molecular weight excluding hydrogens is 316 g/mol. The summed E-state index contributed by atoms with van der Waals surface area (Å²) in [6.45, 7) is 4.26. The van der Waals surface area contributed by atoms with Gasteiger partial charge in [0.15, 0.2) is 0 Å².